The number of unbranched alkanes of at least 4 members (excludes halogenated alkanes) is 1. The van der Waals surface area contributed by atoms with Crippen LogP contribution in [-0.4, -0.2) is 29.9 Å². The lowest BCUT2D eigenvalue weighted by Gasteiger charge is -2.34. The molecular weight excluding hydrogens is 182 g/mol. The SMILES string of the molecule is CCCCN(C)C1CCCCC1Cl. The minimum absolute atomic E-state index is 0.399. The van der Waals surface area contributed by atoms with E-state index in [0.29, 0.717) is 11.4 Å². The van der Waals surface area contributed by atoms with Crippen molar-refractivity contribution in [1.82, 2.24) is 4.90 Å². The molecule has 0 aromatic rings. The molecule has 78 valence electrons. The fraction of sp³-hybridized carbons (Fsp3) is 1.00. The van der Waals surface area contributed by atoms with Crippen LogP contribution in [0.15, 0.2) is 0 Å². The first-order valence-electron chi connectivity index (χ1n) is 5.60. The summed E-state index contributed by atoms with van der Waals surface area (Å²) in [6, 6.07) is 0.641. The molecule has 2 atom stereocenters. The summed E-state index contributed by atoms with van der Waals surface area (Å²) in [5, 5.41) is 0.399. The molecule has 13 heavy (non-hydrogen) atoms. The second-order valence-electron chi connectivity index (χ2n) is 4.20. The summed E-state index contributed by atoms with van der Waals surface area (Å²) in [5.41, 5.74) is 0. The Kier molecular flexibility index (Phi) is 5.12. The van der Waals surface area contributed by atoms with E-state index in [1.165, 1.54) is 45.1 Å². The first kappa shape index (κ1) is 11.3. The minimum Gasteiger partial charge on any atom is -0.302 e. The molecule has 0 aliphatic heterocycles. The molecule has 1 saturated carbocycles. The van der Waals surface area contributed by atoms with Crippen molar-refractivity contribution in [3.05, 3.63) is 0 Å². The lowest BCUT2D eigenvalue weighted by molar-refractivity contribution is 0.193. The molecule has 0 radical (unpaired) electrons. The number of hydrogen-bond acceptors (Lipinski definition) is 1. The van der Waals surface area contributed by atoms with Crippen LogP contribution in [0.2, 0.25) is 0 Å². The molecule has 0 amide bonds. The van der Waals surface area contributed by atoms with Gasteiger partial charge in [-0.25, -0.2) is 0 Å². The van der Waals surface area contributed by atoms with Crippen LogP contribution in [-0.2, 0) is 0 Å². The maximum Gasteiger partial charge on any atom is 0.0491 e. The van der Waals surface area contributed by atoms with E-state index in [-0.39, 0.29) is 0 Å². The molecule has 0 saturated heterocycles. The van der Waals surface area contributed by atoms with E-state index in [0.717, 1.165) is 0 Å². The van der Waals surface area contributed by atoms with Crippen molar-refractivity contribution < 1.29 is 0 Å². The summed E-state index contributed by atoms with van der Waals surface area (Å²) in [6.07, 6.45) is 7.79. The number of hydrogen-bond donors (Lipinski definition) is 0. The van der Waals surface area contributed by atoms with Crippen molar-refractivity contribution in [2.24, 2.45) is 0 Å². The van der Waals surface area contributed by atoms with Crippen molar-refractivity contribution in [2.45, 2.75) is 56.9 Å². The van der Waals surface area contributed by atoms with Crippen LogP contribution in [0.4, 0.5) is 0 Å². The third-order valence-corrected chi connectivity index (χ3v) is 3.59. The molecule has 2 unspecified atom stereocenters. The molecule has 0 spiro atoms. The lowest BCUT2D eigenvalue weighted by atomic mass is 9.94. The number of alkyl halides is 1. The molecular formula is C11H22ClN. The number of nitrogens with zero attached hydrogens (tertiary/aromatic N) is 1. The second-order valence-corrected chi connectivity index (χ2v) is 4.76. The zero-order valence-electron chi connectivity index (χ0n) is 8.93. The van der Waals surface area contributed by atoms with Gasteiger partial charge in [0.15, 0.2) is 0 Å². The van der Waals surface area contributed by atoms with Crippen LogP contribution in [0.25, 0.3) is 0 Å². The fourth-order valence-electron chi connectivity index (χ4n) is 2.14. The smallest absolute Gasteiger partial charge is 0.0491 e. The van der Waals surface area contributed by atoms with Gasteiger partial charge in [0, 0.05) is 11.4 Å². The molecule has 1 nitrogen and oxygen atoms in total. The van der Waals surface area contributed by atoms with Gasteiger partial charge in [0.2, 0.25) is 0 Å². The van der Waals surface area contributed by atoms with Crippen molar-refractivity contribution in [3.63, 3.8) is 0 Å². The average molecular weight is 204 g/mol. The molecule has 1 fully saturated rings. The number of halogens is 1. The van der Waals surface area contributed by atoms with E-state index in [9.17, 15) is 0 Å². The zero-order valence-corrected chi connectivity index (χ0v) is 9.69. The van der Waals surface area contributed by atoms with Gasteiger partial charge in [-0.2, -0.15) is 0 Å². The zero-order chi connectivity index (χ0) is 9.68. The van der Waals surface area contributed by atoms with Gasteiger partial charge in [0.05, 0.1) is 0 Å². The maximum absolute atomic E-state index is 6.31. The summed E-state index contributed by atoms with van der Waals surface area (Å²) < 4.78 is 0. The van der Waals surface area contributed by atoms with Crippen molar-refractivity contribution >= 4 is 11.6 Å². The highest BCUT2D eigenvalue weighted by atomic mass is 35.5. The second kappa shape index (κ2) is 5.87. The number of rotatable bonds is 4. The van der Waals surface area contributed by atoms with Gasteiger partial charge in [-0.3, -0.25) is 0 Å². The Hall–Kier alpha value is 0.250. The van der Waals surface area contributed by atoms with Crippen molar-refractivity contribution in [3.8, 4) is 0 Å². The molecule has 2 heteroatoms. The lowest BCUT2D eigenvalue weighted by Crippen LogP contribution is -2.41. The van der Waals surface area contributed by atoms with Crippen LogP contribution in [0, 0.1) is 0 Å². The largest absolute Gasteiger partial charge is 0.302 e. The Morgan fingerprint density at radius 3 is 2.62 bits per heavy atom. The molecule has 0 aromatic carbocycles. The van der Waals surface area contributed by atoms with Gasteiger partial charge in [-0.15, -0.1) is 11.6 Å². The predicted octanol–water partition coefficient (Wildman–Crippen LogP) is 3.27. The van der Waals surface area contributed by atoms with Crippen molar-refractivity contribution in [1.29, 1.82) is 0 Å². The molecule has 0 heterocycles. The Bertz CT molecular complexity index is 138. The summed E-state index contributed by atoms with van der Waals surface area (Å²) in [5.74, 6) is 0. The topological polar surface area (TPSA) is 3.24 Å². The van der Waals surface area contributed by atoms with Gasteiger partial charge < -0.3 is 4.90 Å². The maximum atomic E-state index is 6.31. The van der Waals surface area contributed by atoms with Gasteiger partial charge in [0.1, 0.15) is 0 Å². The summed E-state index contributed by atoms with van der Waals surface area (Å²) >= 11 is 6.31. The Morgan fingerprint density at radius 2 is 2.00 bits per heavy atom. The van der Waals surface area contributed by atoms with E-state index in [1.807, 2.05) is 0 Å². The molecule has 1 rings (SSSR count). The van der Waals surface area contributed by atoms with E-state index in [1.54, 1.807) is 0 Å². The quantitative estimate of drug-likeness (QED) is 0.634. The molecule has 1 aliphatic rings. The van der Waals surface area contributed by atoms with Crippen LogP contribution < -0.4 is 0 Å². The summed E-state index contributed by atoms with van der Waals surface area (Å²) in [6.45, 7) is 3.46. The monoisotopic (exact) mass is 203 g/mol. The van der Waals surface area contributed by atoms with Crippen LogP contribution in [0.5, 0.6) is 0 Å². The van der Waals surface area contributed by atoms with E-state index < -0.39 is 0 Å². The first-order valence-corrected chi connectivity index (χ1v) is 6.03. The third kappa shape index (κ3) is 3.47. The molecule has 0 bridgehead atoms. The fourth-order valence-corrected chi connectivity index (χ4v) is 2.61. The first-order chi connectivity index (χ1) is 6.25. The van der Waals surface area contributed by atoms with Gasteiger partial charge >= 0.3 is 0 Å². The molecule has 1 aliphatic carbocycles. The third-order valence-electron chi connectivity index (χ3n) is 3.08. The van der Waals surface area contributed by atoms with Crippen molar-refractivity contribution in [2.75, 3.05) is 13.6 Å². The minimum atomic E-state index is 0.399. The normalized spacial score (nSPS) is 29.5. The highest BCUT2D eigenvalue weighted by molar-refractivity contribution is 6.21. The van der Waals surface area contributed by atoms with E-state index in [4.69, 9.17) is 11.6 Å². The standard InChI is InChI=1S/C11H22ClN/c1-3-4-9-13(2)11-8-6-5-7-10(11)12/h10-11H,3-9H2,1-2H3. The average Bonchev–Trinajstić information content (AvgIpc) is 2.15. The molecule has 0 N–H and O–H groups in total. The Balaban J connectivity index is 2.30. The molecule has 0 aromatic heterocycles. The van der Waals surface area contributed by atoms with Gasteiger partial charge in [0.25, 0.3) is 0 Å². The van der Waals surface area contributed by atoms with E-state index in [2.05, 4.69) is 18.9 Å². The summed E-state index contributed by atoms with van der Waals surface area (Å²) in [7, 11) is 2.22. The van der Waals surface area contributed by atoms with Gasteiger partial charge in [-0.05, 0) is 32.9 Å². The Morgan fingerprint density at radius 1 is 1.31 bits per heavy atom. The van der Waals surface area contributed by atoms with Crippen LogP contribution in [0.3, 0.4) is 0 Å². The van der Waals surface area contributed by atoms with Crippen LogP contribution >= 0.6 is 11.6 Å². The highest BCUT2D eigenvalue weighted by Crippen LogP contribution is 2.26. The highest BCUT2D eigenvalue weighted by Gasteiger charge is 2.25. The Labute approximate surface area is 87.4 Å². The predicted molar refractivity (Wildman–Crippen MR) is 59.4 cm³/mol. The van der Waals surface area contributed by atoms with E-state index >= 15 is 0 Å². The van der Waals surface area contributed by atoms with Crippen LogP contribution in [0.1, 0.15) is 45.4 Å². The van der Waals surface area contributed by atoms with Gasteiger partial charge in [-0.1, -0.05) is 26.2 Å². The summed E-state index contributed by atoms with van der Waals surface area (Å²) in [4.78, 5) is 2.46.